The van der Waals surface area contributed by atoms with Gasteiger partial charge in [-0.1, -0.05) is 58.4 Å². The second-order valence-electron chi connectivity index (χ2n) is 7.78. The molecule has 0 aliphatic heterocycles. The molecule has 0 saturated heterocycles. The average Bonchev–Trinajstić information content (AvgIpc) is 2.79. The molecule has 1 amide bonds. The van der Waals surface area contributed by atoms with Crippen LogP contribution in [0.3, 0.4) is 0 Å². The van der Waals surface area contributed by atoms with Gasteiger partial charge in [0.2, 0.25) is 15.9 Å². The molecule has 0 spiro atoms. The fraction of sp³-hybridized carbons (Fsp3) is 0.240. The first kappa shape index (κ1) is 25.0. The van der Waals surface area contributed by atoms with E-state index < -0.39 is 22.0 Å². The molecule has 0 unspecified atom stereocenters. The number of methoxy groups -OCH3 is 1. The van der Waals surface area contributed by atoms with E-state index in [0.29, 0.717) is 11.3 Å². The molecule has 3 aromatic carbocycles. The number of benzene rings is 3. The van der Waals surface area contributed by atoms with Crippen LogP contribution in [0.25, 0.3) is 0 Å². The lowest BCUT2D eigenvalue weighted by molar-refractivity contribution is -0.123. The first-order valence-electron chi connectivity index (χ1n) is 10.5. The molecular weight excluding hydrogens is 504 g/mol. The standard InChI is InChI=1S/C25H27BrN2O4S/c1-17-14-22(12-13-24(17)32-3)33(30,31)28-23(15-19-8-5-4-6-9-19)25(29)27-18(2)20-10-7-11-21(26)16-20/h4-14,16,18,23,28H,15H2,1-3H3,(H,27,29)/t18-,23-/m1/s1. The molecule has 33 heavy (non-hydrogen) atoms. The number of sulfonamides is 1. The lowest BCUT2D eigenvalue weighted by Gasteiger charge is -2.22. The van der Waals surface area contributed by atoms with E-state index in [1.54, 1.807) is 13.0 Å². The third-order valence-corrected chi connectivity index (χ3v) is 7.24. The highest BCUT2D eigenvalue weighted by molar-refractivity contribution is 9.10. The Labute approximate surface area is 203 Å². The van der Waals surface area contributed by atoms with E-state index in [9.17, 15) is 13.2 Å². The zero-order valence-corrected chi connectivity index (χ0v) is 21.1. The van der Waals surface area contributed by atoms with Gasteiger partial charge in [-0.25, -0.2) is 8.42 Å². The quantitative estimate of drug-likeness (QED) is 0.425. The van der Waals surface area contributed by atoms with Crippen LogP contribution >= 0.6 is 15.9 Å². The molecule has 0 fully saturated rings. The lowest BCUT2D eigenvalue weighted by atomic mass is 10.0. The van der Waals surface area contributed by atoms with E-state index in [-0.39, 0.29) is 17.4 Å². The van der Waals surface area contributed by atoms with Gasteiger partial charge in [0.25, 0.3) is 0 Å². The fourth-order valence-corrected chi connectivity index (χ4v) is 5.18. The third-order valence-electron chi connectivity index (χ3n) is 5.28. The highest BCUT2D eigenvalue weighted by Crippen LogP contribution is 2.22. The van der Waals surface area contributed by atoms with Crippen molar-refractivity contribution in [1.82, 2.24) is 10.0 Å². The van der Waals surface area contributed by atoms with Crippen LogP contribution in [0.1, 0.15) is 29.7 Å². The van der Waals surface area contributed by atoms with Gasteiger partial charge in [-0.3, -0.25) is 4.79 Å². The maximum atomic E-state index is 13.2. The summed E-state index contributed by atoms with van der Waals surface area (Å²) in [6.45, 7) is 3.63. The molecule has 8 heteroatoms. The second-order valence-corrected chi connectivity index (χ2v) is 10.4. The minimum Gasteiger partial charge on any atom is -0.496 e. The van der Waals surface area contributed by atoms with Crippen LogP contribution < -0.4 is 14.8 Å². The maximum Gasteiger partial charge on any atom is 0.241 e. The average molecular weight is 531 g/mol. The van der Waals surface area contributed by atoms with E-state index >= 15 is 0 Å². The van der Waals surface area contributed by atoms with E-state index in [2.05, 4.69) is 26.0 Å². The molecule has 0 heterocycles. The summed E-state index contributed by atoms with van der Waals surface area (Å²) in [6.07, 6.45) is 0.215. The molecule has 0 bridgehead atoms. The first-order chi connectivity index (χ1) is 15.7. The molecule has 3 rings (SSSR count). The molecule has 0 aromatic heterocycles. The molecule has 0 aliphatic carbocycles. The smallest absolute Gasteiger partial charge is 0.241 e. The van der Waals surface area contributed by atoms with Gasteiger partial charge >= 0.3 is 0 Å². The second kappa shape index (κ2) is 11.0. The Kier molecular flexibility index (Phi) is 8.29. The number of carbonyl (C=O) groups excluding carboxylic acids is 1. The van der Waals surface area contributed by atoms with Gasteiger partial charge in [-0.2, -0.15) is 4.72 Å². The predicted octanol–water partition coefficient (Wildman–Crippen LogP) is 4.53. The van der Waals surface area contributed by atoms with Gasteiger partial charge in [-0.05, 0) is 67.3 Å². The number of amides is 1. The number of ether oxygens (including phenoxy) is 1. The van der Waals surface area contributed by atoms with Crippen LogP contribution in [0.2, 0.25) is 0 Å². The van der Waals surface area contributed by atoms with Crippen LogP contribution in [-0.2, 0) is 21.2 Å². The molecule has 3 aromatic rings. The molecule has 174 valence electrons. The molecule has 2 atom stereocenters. The van der Waals surface area contributed by atoms with E-state index in [1.165, 1.54) is 19.2 Å². The number of nitrogens with one attached hydrogen (secondary N) is 2. The number of hydrogen-bond acceptors (Lipinski definition) is 4. The number of aryl methyl sites for hydroxylation is 1. The Balaban J connectivity index is 1.85. The molecule has 2 N–H and O–H groups in total. The van der Waals surface area contributed by atoms with Gasteiger partial charge in [-0.15, -0.1) is 0 Å². The van der Waals surface area contributed by atoms with Crippen LogP contribution in [0.5, 0.6) is 5.75 Å². The van der Waals surface area contributed by atoms with E-state index in [0.717, 1.165) is 15.6 Å². The summed E-state index contributed by atoms with van der Waals surface area (Å²) < 4.78 is 35.0. The van der Waals surface area contributed by atoms with Crippen molar-refractivity contribution in [2.45, 2.75) is 37.2 Å². The SMILES string of the molecule is COc1ccc(S(=O)(=O)N[C@H](Cc2ccccc2)C(=O)N[C@H](C)c2cccc(Br)c2)cc1C. The normalized spacial score (nSPS) is 13.2. The van der Waals surface area contributed by atoms with E-state index in [4.69, 9.17) is 4.74 Å². The van der Waals surface area contributed by atoms with Crippen molar-refractivity contribution in [2.75, 3.05) is 7.11 Å². The summed E-state index contributed by atoms with van der Waals surface area (Å²) in [6, 6.07) is 20.2. The minimum atomic E-state index is -3.95. The van der Waals surface area contributed by atoms with Crippen LogP contribution in [-0.4, -0.2) is 27.5 Å². The summed E-state index contributed by atoms with van der Waals surface area (Å²) in [5.74, 6) is 0.190. The topological polar surface area (TPSA) is 84.5 Å². The summed E-state index contributed by atoms with van der Waals surface area (Å²) in [4.78, 5) is 13.3. The zero-order chi connectivity index (χ0) is 24.0. The van der Waals surface area contributed by atoms with Crippen molar-refractivity contribution in [1.29, 1.82) is 0 Å². The highest BCUT2D eigenvalue weighted by atomic mass is 79.9. The Morgan fingerprint density at radius 3 is 2.39 bits per heavy atom. The predicted molar refractivity (Wildman–Crippen MR) is 133 cm³/mol. The fourth-order valence-electron chi connectivity index (χ4n) is 3.48. The monoisotopic (exact) mass is 530 g/mol. The van der Waals surface area contributed by atoms with Crippen molar-refractivity contribution in [3.8, 4) is 5.75 Å². The zero-order valence-electron chi connectivity index (χ0n) is 18.7. The van der Waals surface area contributed by atoms with Crippen molar-refractivity contribution in [2.24, 2.45) is 0 Å². The molecule has 0 aliphatic rings. The summed E-state index contributed by atoms with van der Waals surface area (Å²) in [5.41, 5.74) is 2.44. The van der Waals surface area contributed by atoms with Gasteiger partial charge in [0.1, 0.15) is 11.8 Å². The number of carbonyl (C=O) groups is 1. The number of rotatable bonds is 9. The third kappa shape index (κ3) is 6.66. The minimum absolute atomic E-state index is 0.0756. The number of hydrogen-bond donors (Lipinski definition) is 2. The Morgan fingerprint density at radius 2 is 1.76 bits per heavy atom. The Bertz CT molecular complexity index is 1220. The summed E-state index contributed by atoms with van der Waals surface area (Å²) in [5, 5.41) is 2.94. The molecule has 0 radical (unpaired) electrons. The Morgan fingerprint density at radius 1 is 1.03 bits per heavy atom. The van der Waals surface area contributed by atoms with E-state index in [1.807, 2.05) is 61.5 Å². The largest absolute Gasteiger partial charge is 0.496 e. The Hall–Kier alpha value is -2.68. The van der Waals surface area contributed by atoms with Gasteiger partial charge in [0.15, 0.2) is 0 Å². The van der Waals surface area contributed by atoms with Gasteiger partial charge in [0, 0.05) is 4.47 Å². The van der Waals surface area contributed by atoms with Crippen molar-refractivity contribution >= 4 is 31.9 Å². The maximum absolute atomic E-state index is 13.2. The summed E-state index contributed by atoms with van der Waals surface area (Å²) in [7, 11) is -2.42. The summed E-state index contributed by atoms with van der Waals surface area (Å²) >= 11 is 3.44. The van der Waals surface area contributed by atoms with Gasteiger partial charge < -0.3 is 10.1 Å². The van der Waals surface area contributed by atoms with Crippen LogP contribution in [0, 0.1) is 6.92 Å². The number of halogens is 1. The van der Waals surface area contributed by atoms with Crippen molar-refractivity contribution in [3.63, 3.8) is 0 Å². The van der Waals surface area contributed by atoms with Crippen LogP contribution in [0.15, 0.2) is 82.2 Å². The van der Waals surface area contributed by atoms with Gasteiger partial charge in [0.05, 0.1) is 18.0 Å². The first-order valence-corrected chi connectivity index (χ1v) is 12.7. The highest BCUT2D eigenvalue weighted by Gasteiger charge is 2.27. The molecule has 0 saturated carbocycles. The molecular formula is C25H27BrN2O4S. The molecule has 6 nitrogen and oxygen atoms in total. The van der Waals surface area contributed by atoms with Crippen LogP contribution in [0.4, 0.5) is 0 Å². The van der Waals surface area contributed by atoms with Crippen molar-refractivity contribution < 1.29 is 17.9 Å². The van der Waals surface area contributed by atoms with Crippen molar-refractivity contribution in [3.05, 3.63) is 94.0 Å². The lowest BCUT2D eigenvalue weighted by Crippen LogP contribution is -2.48.